The highest BCUT2D eigenvalue weighted by molar-refractivity contribution is 5.31. The van der Waals surface area contributed by atoms with Crippen molar-refractivity contribution in [1.29, 1.82) is 0 Å². The summed E-state index contributed by atoms with van der Waals surface area (Å²) in [5, 5.41) is 3.57. The van der Waals surface area contributed by atoms with E-state index >= 15 is 0 Å². The molecule has 1 aromatic heterocycles. The van der Waals surface area contributed by atoms with Crippen molar-refractivity contribution in [2.24, 2.45) is 0 Å². The molecule has 0 unspecified atom stereocenters. The first-order chi connectivity index (χ1) is 10.2. The smallest absolute Gasteiger partial charge is 0.203 e. The average Bonchev–Trinajstić information content (AvgIpc) is 3.09. The highest BCUT2D eigenvalue weighted by atomic mass is 19.1. The number of aryl methyl sites for hydroxylation is 3. The lowest BCUT2D eigenvalue weighted by Crippen LogP contribution is -2.18. The van der Waals surface area contributed by atoms with Gasteiger partial charge in [-0.15, -0.1) is 0 Å². The third-order valence-electron chi connectivity index (χ3n) is 4.14. The maximum atomic E-state index is 12.9. The number of halogens is 1. The van der Waals surface area contributed by atoms with E-state index in [1.807, 2.05) is 19.1 Å². The summed E-state index contributed by atoms with van der Waals surface area (Å²) >= 11 is 0. The van der Waals surface area contributed by atoms with Crippen LogP contribution in [0.3, 0.4) is 0 Å². The van der Waals surface area contributed by atoms with Crippen LogP contribution < -0.4 is 5.32 Å². The zero-order valence-corrected chi connectivity index (χ0v) is 12.5. The van der Waals surface area contributed by atoms with E-state index in [1.165, 1.54) is 37.8 Å². The van der Waals surface area contributed by atoms with Crippen molar-refractivity contribution in [3.63, 3.8) is 0 Å². The van der Waals surface area contributed by atoms with Gasteiger partial charge >= 0.3 is 0 Å². The van der Waals surface area contributed by atoms with Crippen molar-refractivity contribution in [1.82, 2.24) is 9.55 Å². The molecule has 1 N–H and O–H groups in total. The lowest BCUT2D eigenvalue weighted by atomic mass is 10.1. The molecule has 2 aromatic rings. The number of aromatic nitrogens is 2. The van der Waals surface area contributed by atoms with Crippen LogP contribution in [-0.2, 0) is 13.0 Å². The Hall–Kier alpha value is -1.84. The largest absolute Gasteiger partial charge is 0.353 e. The first-order valence-corrected chi connectivity index (χ1v) is 7.75. The fourth-order valence-corrected chi connectivity index (χ4v) is 2.99. The lowest BCUT2D eigenvalue weighted by Gasteiger charge is -2.14. The van der Waals surface area contributed by atoms with Crippen LogP contribution in [-0.4, -0.2) is 15.6 Å². The van der Waals surface area contributed by atoms with E-state index in [0.29, 0.717) is 6.04 Å². The van der Waals surface area contributed by atoms with Gasteiger partial charge in [0.25, 0.3) is 0 Å². The molecular weight excluding hydrogens is 265 g/mol. The first-order valence-electron chi connectivity index (χ1n) is 7.75. The van der Waals surface area contributed by atoms with Gasteiger partial charge in [0, 0.05) is 18.8 Å². The molecule has 3 rings (SSSR count). The minimum atomic E-state index is -0.180. The minimum absolute atomic E-state index is 0.180. The maximum absolute atomic E-state index is 12.9. The zero-order valence-electron chi connectivity index (χ0n) is 12.5. The second-order valence-electron chi connectivity index (χ2n) is 5.90. The predicted molar refractivity (Wildman–Crippen MR) is 82.9 cm³/mol. The number of imidazole rings is 1. The Morgan fingerprint density at radius 1 is 1.24 bits per heavy atom. The fraction of sp³-hybridized carbons (Fsp3) is 0.471. The van der Waals surface area contributed by atoms with Crippen molar-refractivity contribution in [2.75, 3.05) is 5.32 Å². The van der Waals surface area contributed by atoms with Crippen LogP contribution in [0.1, 0.15) is 36.9 Å². The molecule has 1 aliphatic rings. The Morgan fingerprint density at radius 3 is 2.67 bits per heavy atom. The van der Waals surface area contributed by atoms with Gasteiger partial charge < -0.3 is 9.88 Å². The molecule has 0 atom stereocenters. The topological polar surface area (TPSA) is 29.9 Å². The van der Waals surface area contributed by atoms with Gasteiger partial charge in [-0.3, -0.25) is 0 Å². The third-order valence-corrected chi connectivity index (χ3v) is 4.14. The normalized spacial score (nSPS) is 15.5. The van der Waals surface area contributed by atoms with Gasteiger partial charge in [0.2, 0.25) is 5.95 Å². The Labute approximate surface area is 125 Å². The van der Waals surface area contributed by atoms with Crippen LogP contribution in [0.2, 0.25) is 0 Å². The molecule has 0 spiro atoms. The number of hydrogen-bond donors (Lipinski definition) is 1. The minimum Gasteiger partial charge on any atom is -0.353 e. The molecule has 1 aliphatic carbocycles. The van der Waals surface area contributed by atoms with Gasteiger partial charge in [-0.1, -0.05) is 25.0 Å². The van der Waals surface area contributed by atoms with E-state index in [9.17, 15) is 4.39 Å². The number of benzene rings is 1. The van der Waals surface area contributed by atoms with E-state index in [4.69, 9.17) is 0 Å². The zero-order chi connectivity index (χ0) is 14.7. The Bertz CT molecular complexity index is 583. The van der Waals surface area contributed by atoms with E-state index in [-0.39, 0.29) is 5.82 Å². The van der Waals surface area contributed by atoms with Gasteiger partial charge in [0.05, 0.1) is 5.69 Å². The number of anilines is 1. The Balaban J connectivity index is 1.65. The molecule has 1 aromatic carbocycles. The summed E-state index contributed by atoms with van der Waals surface area (Å²) in [5.74, 6) is 0.794. The molecule has 0 saturated heterocycles. The Kier molecular flexibility index (Phi) is 4.23. The number of nitrogens with one attached hydrogen (secondary N) is 1. The van der Waals surface area contributed by atoms with Gasteiger partial charge in [0.15, 0.2) is 0 Å². The second-order valence-corrected chi connectivity index (χ2v) is 5.90. The summed E-state index contributed by atoms with van der Waals surface area (Å²) in [6.07, 6.45) is 8.07. The lowest BCUT2D eigenvalue weighted by molar-refractivity contribution is 0.625. The molecule has 4 heteroatoms. The molecule has 112 valence electrons. The SMILES string of the molecule is Cc1cn(CCc2ccc(F)cc2)c(NC2CCCC2)n1. The number of rotatable bonds is 5. The first kappa shape index (κ1) is 14.1. The number of nitrogens with zero attached hydrogens (tertiary/aromatic N) is 2. The van der Waals surface area contributed by atoms with Gasteiger partial charge in [-0.25, -0.2) is 9.37 Å². The summed E-state index contributed by atoms with van der Waals surface area (Å²) < 4.78 is 15.1. The van der Waals surface area contributed by atoms with Crippen LogP contribution in [0.4, 0.5) is 10.3 Å². The van der Waals surface area contributed by atoms with Crippen LogP contribution in [0.5, 0.6) is 0 Å². The van der Waals surface area contributed by atoms with Crippen molar-refractivity contribution >= 4 is 5.95 Å². The summed E-state index contributed by atoms with van der Waals surface area (Å²) in [6.45, 7) is 2.88. The van der Waals surface area contributed by atoms with Crippen molar-refractivity contribution in [3.8, 4) is 0 Å². The average molecular weight is 287 g/mol. The van der Waals surface area contributed by atoms with Crippen molar-refractivity contribution in [2.45, 2.75) is 51.6 Å². The summed E-state index contributed by atoms with van der Waals surface area (Å²) in [5.41, 5.74) is 2.18. The second kappa shape index (κ2) is 6.29. The highest BCUT2D eigenvalue weighted by Gasteiger charge is 2.17. The van der Waals surface area contributed by atoms with Crippen LogP contribution in [0, 0.1) is 12.7 Å². The fourth-order valence-electron chi connectivity index (χ4n) is 2.99. The molecule has 21 heavy (non-hydrogen) atoms. The third kappa shape index (κ3) is 3.63. The van der Waals surface area contributed by atoms with Gasteiger partial charge in [-0.2, -0.15) is 0 Å². The van der Waals surface area contributed by atoms with E-state index in [0.717, 1.165) is 30.2 Å². The van der Waals surface area contributed by atoms with Crippen LogP contribution in [0.25, 0.3) is 0 Å². The van der Waals surface area contributed by atoms with E-state index in [1.54, 1.807) is 0 Å². The van der Waals surface area contributed by atoms with Gasteiger partial charge in [0.1, 0.15) is 5.82 Å². The van der Waals surface area contributed by atoms with Crippen molar-refractivity contribution < 1.29 is 4.39 Å². The molecule has 1 saturated carbocycles. The molecule has 0 aliphatic heterocycles. The molecule has 1 heterocycles. The van der Waals surface area contributed by atoms with E-state index in [2.05, 4.69) is 21.1 Å². The quantitative estimate of drug-likeness (QED) is 0.903. The van der Waals surface area contributed by atoms with Crippen LogP contribution >= 0.6 is 0 Å². The standard InChI is InChI=1S/C17H22FN3/c1-13-12-21(11-10-14-6-8-15(18)9-7-14)17(19-13)20-16-4-2-3-5-16/h6-9,12,16H,2-5,10-11H2,1H3,(H,19,20). The Morgan fingerprint density at radius 2 is 1.95 bits per heavy atom. The van der Waals surface area contributed by atoms with Gasteiger partial charge in [-0.05, 0) is 43.9 Å². The molecule has 0 bridgehead atoms. The summed E-state index contributed by atoms with van der Waals surface area (Å²) in [7, 11) is 0. The van der Waals surface area contributed by atoms with Crippen LogP contribution in [0.15, 0.2) is 30.5 Å². The van der Waals surface area contributed by atoms with E-state index < -0.39 is 0 Å². The molecule has 3 nitrogen and oxygen atoms in total. The summed E-state index contributed by atoms with van der Waals surface area (Å²) in [4.78, 5) is 4.59. The van der Waals surface area contributed by atoms with Crippen molar-refractivity contribution in [3.05, 3.63) is 47.5 Å². The monoisotopic (exact) mass is 287 g/mol. The summed E-state index contributed by atoms with van der Waals surface area (Å²) in [6, 6.07) is 7.31. The number of hydrogen-bond acceptors (Lipinski definition) is 2. The predicted octanol–water partition coefficient (Wildman–Crippen LogP) is 3.93. The molecule has 0 amide bonds. The highest BCUT2D eigenvalue weighted by Crippen LogP contribution is 2.22. The molecular formula is C17H22FN3. The molecule has 1 fully saturated rings. The molecule has 0 radical (unpaired) electrons. The maximum Gasteiger partial charge on any atom is 0.203 e.